The van der Waals surface area contributed by atoms with Gasteiger partial charge in [0.25, 0.3) is 0 Å². The Morgan fingerprint density at radius 1 is 0.440 bits per heavy atom. The number of nitrogens with zero attached hydrogens (tertiary/aromatic N) is 4. The van der Waals surface area contributed by atoms with Crippen LogP contribution in [0.4, 0.5) is 0 Å². The fourth-order valence-electron chi connectivity index (χ4n) is 6.52. The summed E-state index contributed by atoms with van der Waals surface area (Å²) in [5, 5.41) is 1.73. The van der Waals surface area contributed by atoms with E-state index >= 15 is 0 Å². The van der Waals surface area contributed by atoms with Gasteiger partial charge in [0.15, 0.2) is 17.5 Å². The minimum atomic E-state index is -0.475. The second-order valence-corrected chi connectivity index (χ2v) is 11.9. The summed E-state index contributed by atoms with van der Waals surface area (Å²) >= 11 is 0. The number of para-hydroxylation sites is 1. The van der Waals surface area contributed by atoms with Crippen molar-refractivity contribution < 1.29 is 14.0 Å². The van der Waals surface area contributed by atoms with Crippen LogP contribution in [-0.2, 0) is 0 Å². The highest BCUT2D eigenvalue weighted by molar-refractivity contribution is 6.11. The summed E-state index contributed by atoms with van der Waals surface area (Å²) in [5.41, 5.74) is 5.28. The number of benzene rings is 7. The summed E-state index contributed by atoms with van der Waals surface area (Å²) in [4.78, 5) is 14.3. The fraction of sp³-hybridized carbons (Fsp3) is 0. The van der Waals surface area contributed by atoms with Crippen molar-refractivity contribution in [3.05, 3.63) is 170 Å². The molecule has 0 bridgehead atoms. The lowest BCUT2D eigenvalue weighted by Gasteiger charge is -2.10. The molecule has 0 aliphatic heterocycles. The third-order valence-electron chi connectivity index (χ3n) is 8.90. The average molecular weight is 648 g/mol. The van der Waals surface area contributed by atoms with Crippen molar-refractivity contribution in [3.8, 4) is 51.0 Å². The second-order valence-electron chi connectivity index (χ2n) is 11.9. The van der Waals surface area contributed by atoms with Gasteiger partial charge in [-0.1, -0.05) is 115 Å². The van der Waals surface area contributed by atoms with Crippen LogP contribution in [0.15, 0.2) is 174 Å². The molecule has 234 valence electrons. The lowest BCUT2D eigenvalue weighted by Crippen LogP contribution is -2.00. The smallest absolute Gasteiger partial charge is 0.164 e. The standard InChI is InChI=1S/C45H28N4O/c1-4-12-29(13-5-1)32-20-23-36-38-28-34(22-25-41(38)50-42(36)27-32)49-39-19-11-10-18-35(39)37-26-33(21-24-40(37)49)45-47-43(30-14-6-2-7-15-30)46-44(48-45)31-16-8-3-9-17-31/h1-28H/i10D,11D,18D,19D,21D,24D,26D. The molecule has 0 saturated carbocycles. The maximum Gasteiger partial charge on any atom is 0.164 e. The van der Waals surface area contributed by atoms with E-state index in [4.69, 9.17) is 24.9 Å². The van der Waals surface area contributed by atoms with Gasteiger partial charge in [0.1, 0.15) is 11.2 Å². The number of furan rings is 1. The molecule has 0 amide bonds. The molecule has 0 radical (unpaired) electrons. The minimum Gasteiger partial charge on any atom is -0.456 e. The molecule has 0 atom stereocenters. The quantitative estimate of drug-likeness (QED) is 0.186. The van der Waals surface area contributed by atoms with Crippen molar-refractivity contribution in [2.75, 3.05) is 0 Å². The van der Waals surface area contributed by atoms with Gasteiger partial charge in [-0.3, -0.25) is 0 Å². The predicted octanol–water partition coefficient (Wildman–Crippen LogP) is 11.5. The van der Waals surface area contributed by atoms with Crippen molar-refractivity contribution in [3.63, 3.8) is 0 Å². The summed E-state index contributed by atoms with van der Waals surface area (Å²) in [6, 6.07) is 37.4. The normalized spacial score (nSPS) is 13.6. The highest BCUT2D eigenvalue weighted by Gasteiger charge is 2.18. The number of fused-ring (bicyclic) bond motifs is 6. The zero-order chi connectivity index (χ0) is 39.1. The van der Waals surface area contributed by atoms with Gasteiger partial charge >= 0.3 is 0 Å². The summed E-state index contributed by atoms with van der Waals surface area (Å²) in [5.74, 6) is 0.618. The fourth-order valence-corrected chi connectivity index (χ4v) is 6.52. The Morgan fingerprint density at radius 2 is 1.06 bits per heavy atom. The zero-order valence-electron chi connectivity index (χ0n) is 33.3. The van der Waals surface area contributed by atoms with E-state index in [9.17, 15) is 4.11 Å². The summed E-state index contributed by atoms with van der Waals surface area (Å²) in [7, 11) is 0. The summed E-state index contributed by atoms with van der Waals surface area (Å²) in [6.07, 6.45) is 0. The molecule has 5 nitrogen and oxygen atoms in total. The molecule has 0 spiro atoms. The van der Waals surface area contributed by atoms with Gasteiger partial charge in [0.05, 0.1) is 20.6 Å². The Bertz CT molecular complexity index is 3200. The third kappa shape index (κ3) is 4.67. The van der Waals surface area contributed by atoms with Crippen molar-refractivity contribution >= 4 is 43.7 Å². The Labute approximate surface area is 297 Å². The van der Waals surface area contributed by atoms with Crippen molar-refractivity contribution in [2.45, 2.75) is 0 Å². The van der Waals surface area contributed by atoms with Crippen molar-refractivity contribution in [1.29, 1.82) is 0 Å². The van der Waals surface area contributed by atoms with Gasteiger partial charge in [0, 0.05) is 43.9 Å². The average Bonchev–Trinajstić information content (AvgIpc) is 3.81. The summed E-state index contributed by atoms with van der Waals surface area (Å²) in [6.45, 7) is 0. The van der Waals surface area contributed by atoms with E-state index in [0.29, 0.717) is 39.6 Å². The van der Waals surface area contributed by atoms with Gasteiger partial charge in [-0.2, -0.15) is 0 Å². The monoisotopic (exact) mass is 647 g/mol. The van der Waals surface area contributed by atoms with Gasteiger partial charge in [-0.05, 0) is 65.6 Å². The molecule has 0 aliphatic rings. The molecule has 0 saturated heterocycles. The SMILES string of the molecule is [2H]c1c([2H])c([2H])c2c(c1[2H])c1c([2H])c(-c3nc(-c4ccccc4)nc(-c4ccccc4)n3)c([2H])c([2H])c1n2-c1ccc2oc3cc(-c4ccccc4)ccc3c2c1. The first-order chi connectivity index (χ1) is 27.7. The van der Waals surface area contributed by atoms with E-state index in [-0.39, 0.29) is 63.4 Å². The number of hydrogen-bond donors (Lipinski definition) is 0. The molecule has 7 aromatic carbocycles. The number of aromatic nitrogens is 4. The van der Waals surface area contributed by atoms with E-state index in [0.717, 1.165) is 21.9 Å². The molecular formula is C45H28N4O. The maximum atomic E-state index is 9.73. The number of rotatable bonds is 5. The van der Waals surface area contributed by atoms with Gasteiger partial charge < -0.3 is 8.98 Å². The van der Waals surface area contributed by atoms with E-state index in [1.807, 2.05) is 115 Å². The van der Waals surface area contributed by atoms with Crippen LogP contribution in [0, 0.1) is 0 Å². The number of hydrogen-bond acceptors (Lipinski definition) is 4. The molecule has 10 rings (SSSR count). The molecule has 5 heteroatoms. The van der Waals surface area contributed by atoms with E-state index in [1.54, 1.807) is 16.7 Å². The molecule has 10 aromatic rings. The molecule has 0 N–H and O–H groups in total. The topological polar surface area (TPSA) is 56.7 Å². The van der Waals surface area contributed by atoms with Crippen LogP contribution in [0.1, 0.15) is 9.60 Å². The van der Waals surface area contributed by atoms with E-state index in [2.05, 4.69) is 0 Å². The maximum absolute atomic E-state index is 9.73. The molecule has 3 heterocycles. The lowest BCUT2D eigenvalue weighted by atomic mass is 10.0. The lowest BCUT2D eigenvalue weighted by molar-refractivity contribution is 0.669. The van der Waals surface area contributed by atoms with Crippen LogP contribution in [0.2, 0.25) is 0 Å². The van der Waals surface area contributed by atoms with Gasteiger partial charge in [0.2, 0.25) is 0 Å². The Hall–Kier alpha value is -6.85. The molecule has 50 heavy (non-hydrogen) atoms. The van der Waals surface area contributed by atoms with Crippen LogP contribution in [0.3, 0.4) is 0 Å². The van der Waals surface area contributed by atoms with Crippen molar-refractivity contribution in [2.24, 2.45) is 0 Å². The zero-order valence-corrected chi connectivity index (χ0v) is 26.3. The second kappa shape index (κ2) is 11.4. The van der Waals surface area contributed by atoms with Gasteiger partial charge in [-0.25, -0.2) is 15.0 Å². The molecule has 0 fully saturated rings. The van der Waals surface area contributed by atoms with E-state index < -0.39 is 12.1 Å². The van der Waals surface area contributed by atoms with Crippen LogP contribution < -0.4 is 0 Å². The Balaban J connectivity index is 1.26. The Morgan fingerprint density at radius 3 is 1.76 bits per heavy atom. The van der Waals surface area contributed by atoms with Crippen LogP contribution in [-0.4, -0.2) is 19.5 Å². The van der Waals surface area contributed by atoms with Crippen molar-refractivity contribution in [1.82, 2.24) is 19.5 Å². The van der Waals surface area contributed by atoms with Gasteiger partial charge in [-0.15, -0.1) is 0 Å². The Kier molecular flexibility index (Phi) is 4.99. The van der Waals surface area contributed by atoms with Crippen LogP contribution >= 0.6 is 0 Å². The van der Waals surface area contributed by atoms with Crippen LogP contribution in [0.5, 0.6) is 0 Å². The first-order valence-electron chi connectivity index (χ1n) is 19.6. The first kappa shape index (κ1) is 21.9. The molecule has 0 aliphatic carbocycles. The summed E-state index contributed by atoms with van der Waals surface area (Å²) < 4.78 is 72.2. The molecule has 3 aromatic heterocycles. The molecule has 0 unspecified atom stereocenters. The third-order valence-corrected chi connectivity index (χ3v) is 8.90. The minimum absolute atomic E-state index is 0.00370. The van der Waals surface area contributed by atoms with Crippen LogP contribution in [0.25, 0.3) is 94.7 Å². The van der Waals surface area contributed by atoms with E-state index in [1.165, 1.54) is 0 Å². The first-order valence-corrected chi connectivity index (χ1v) is 16.1. The molecular weight excluding hydrogens is 613 g/mol. The largest absolute Gasteiger partial charge is 0.456 e. The highest BCUT2D eigenvalue weighted by Crippen LogP contribution is 2.38. The predicted molar refractivity (Wildman–Crippen MR) is 203 cm³/mol. The highest BCUT2D eigenvalue weighted by atomic mass is 16.3.